The number of hydrogen-bond donors (Lipinski definition) is 3. The molecule has 2 rings (SSSR count). The van der Waals surface area contributed by atoms with Crippen molar-refractivity contribution in [3.63, 3.8) is 0 Å². The lowest BCUT2D eigenvalue weighted by Gasteiger charge is -1.96. The second-order valence-corrected chi connectivity index (χ2v) is 2.98. The highest BCUT2D eigenvalue weighted by molar-refractivity contribution is 5.95. The number of anilines is 1. The summed E-state index contributed by atoms with van der Waals surface area (Å²) in [6, 6.07) is 0. The van der Waals surface area contributed by atoms with E-state index in [1.165, 1.54) is 18.6 Å². The molecule has 0 aromatic carbocycles. The zero-order chi connectivity index (χ0) is 11.7. The molecular weight excluding hydrogens is 212 g/mol. The monoisotopic (exact) mass is 220 g/mol. The van der Waals surface area contributed by atoms with Gasteiger partial charge in [0, 0.05) is 12.4 Å². The van der Waals surface area contributed by atoms with E-state index in [1.807, 2.05) is 0 Å². The Labute approximate surface area is 88.9 Å². The van der Waals surface area contributed by atoms with Gasteiger partial charge in [-0.1, -0.05) is 0 Å². The molecule has 82 valence electrons. The molecule has 0 saturated carbocycles. The molecule has 0 aliphatic heterocycles. The standard InChI is InChI=1S/C8H8N6O2/c9-4-3-14(13-5(4)6(10)15)7-8(16)12-2-1-11-7/h1-3H,9H2,(H2,10,15)(H,12,16). The van der Waals surface area contributed by atoms with Gasteiger partial charge in [0.2, 0.25) is 5.82 Å². The first-order valence-corrected chi connectivity index (χ1v) is 4.28. The van der Waals surface area contributed by atoms with Crippen molar-refractivity contribution in [1.29, 1.82) is 0 Å². The van der Waals surface area contributed by atoms with Crippen LogP contribution in [0.25, 0.3) is 5.82 Å². The molecule has 0 spiro atoms. The van der Waals surface area contributed by atoms with Crippen molar-refractivity contribution in [2.75, 3.05) is 5.73 Å². The van der Waals surface area contributed by atoms with Crippen molar-refractivity contribution in [2.24, 2.45) is 5.73 Å². The van der Waals surface area contributed by atoms with E-state index in [1.54, 1.807) is 0 Å². The van der Waals surface area contributed by atoms with Crippen molar-refractivity contribution < 1.29 is 4.79 Å². The van der Waals surface area contributed by atoms with Gasteiger partial charge in [-0.15, -0.1) is 0 Å². The van der Waals surface area contributed by atoms with Crippen LogP contribution in [0.1, 0.15) is 10.5 Å². The molecular formula is C8H8N6O2. The van der Waals surface area contributed by atoms with Crippen molar-refractivity contribution in [3.05, 3.63) is 34.6 Å². The van der Waals surface area contributed by atoms with E-state index in [0.29, 0.717) is 0 Å². The van der Waals surface area contributed by atoms with Crippen LogP contribution in [0.15, 0.2) is 23.4 Å². The molecule has 8 heteroatoms. The summed E-state index contributed by atoms with van der Waals surface area (Å²) < 4.78 is 1.11. The fourth-order valence-corrected chi connectivity index (χ4v) is 1.19. The molecule has 16 heavy (non-hydrogen) atoms. The van der Waals surface area contributed by atoms with Crippen LogP contribution >= 0.6 is 0 Å². The summed E-state index contributed by atoms with van der Waals surface area (Å²) in [5, 5.41) is 3.78. The zero-order valence-electron chi connectivity index (χ0n) is 8.04. The fourth-order valence-electron chi connectivity index (χ4n) is 1.19. The maximum atomic E-state index is 11.4. The highest BCUT2D eigenvalue weighted by atomic mass is 16.1. The normalized spacial score (nSPS) is 10.2. The van der Waals surface area contributed by atoms with Crippen molar-refractivity contribution >= 4 is 11.6 Å². The lowest BCUT2D eigenvalue weighted by Crippen LogP contribution is -2.18. The Morgan fingerprint density at radius 1 is 1.50 bits per heavy atom. The highest BCUT2D eigenvalue weighted by Crippen LogP contribution is 2.09. The maximum Gasteiger partial charge on any atom is 0.293 e. The molecule has 0 bridgehead atoms. The minimum absolute atomic E-state index is 0.0155. The molecule has 2 aromatic rings. The van der Waals surface area contributed by atoms with Gasteiger partial charge in [0.25, 0.3) is 11.5 Å². The van der Waals surface area contributed by atoms with Gasteiger partial charge in [-0.3, -0.25) is 9.59 Å². The minimum atomic E-state index is -0.761. The third-order valence-corrected chi connectivity index (χ3v) is 1.88. The summed E-state index contributed by atoms with van der Waals surface area (Å²) in [6.45, 7) is 0. The number of nitrogen functional groups attached to an aromatic ring is 1. The van der Waals surface area contributed by atoms with Gasteiger partial charge < -0.3 is 16.5 Å². The molecule has 0 saturated heterocycles. The second kappa shape index (κ2) is 3.50. The summed E-state index contributed by atoms with van der Waals surface area (Å²) >= 11 is 0. The van der Waals surface area contributed by atoms with Crippen LogP contribution in [-0.4, -0.2) is 25.7 Å². The number of aromatic nitrogens is 4. The van der Waals surface area contributed by atoms with E-state index in [-0.39, 0.29) is 17.2 Å². The molecule has 0 atom stereocenters. The van der Waals surface area contributed by atoms with E-state index in [0.717, 1.165) is 4.68 Å². The van der Waals surface area contributed by atoms with Gasteiger partial charge >= 0.3 is 0 Å². The summed E-state index contributed by atoms with van der Waals surface area (Å²) in [7, 11) is 0. The number of carbonyl (C=O) groups excluding carboxylic acids is 1. The number of nitrogens with two attached hydrogens (primary N) is 2. The number of H-pyrrole nitrogens is 1. The van der Waals surface area contributed by atoms with Gasteiger partial charge in [-0.25, -0.2) is 9.67 Å². The third kappa shape index (κ3) is 1.52. The van der Waals surface area contributed by atoms with Crippen LogP contribution in [0, 0.1) is 0 Å². The average Bonchev–Trinajstić information content (AvgIpc) is 2.61. The quantitative estimate of drug-likeness (QED) is 0.574. The summed E-state index contributed by atoms with van der Waals surface area (Å²) in [5.74, 6) is -0.745. The molecule has 0 aliphatic carbocycles. The number of nitrogens with one attached hydrogen (secondary N) is 1. The Morgan fingerprint density at radius 3 is 2.81 bits per heavy atom. The predicted octanol–water partition coefficient (Wildman–Crippen LogP) is -1.36. The number of primary amides is 1. The first-order valence-electron chi connectivity index (χ1n) is 4.28. The minimum Gasteiger partial charge on any atom is -0.396 e. The average molecular weight is 220 g/mol. The number of rotatable bonds is 2. The Balaban J connectivity index is 2.59. The van der Waals surface area contributed by atoms with Crippen molar-refractivity contribution in [2.45, 2.75) is 0 Å². The highest BCUT2D eigenvalue weighted by Gasteiger charge is 2.14. The van der Waals surface area contributed by atoms with Crippen molar-refractivity contribution in [3.8, 4) is 5.82 Å². The molecule has 0 radical (unpaired) electrons. The van der Waals surface area contributed by atoms with Gasteiger partial charge in [0.05, 0.1) is 11.9 Å². The van der Waals surface area contributed by atoms with Crippen LogP contribution in [0.5, 0.6) is 0 Å². The molecule has 1 amide bonds. The van der Waals surface area contributed by atoms with Crippen LogP contribution in [0.3, 0.4) is 0 Å². The fraction of sp³-hybridized carbons (Fsp3) is 0. The first-order chi connectivity index (χ1) is 7.59. The summed E-state index contributed by atoms with van der Waals surface area (Å²) in [6.07, 6.45) is 4.07. The molecule has 0 fully saturated rings. The molecule has 0 unspecified atom stereocenters. The van der Waals surface area contributed by atoms with Gasteiger partial charge in [0.1, 0.15) is 0 Å². The number of hydrogen-bond acceptors (Lipinski definition) is 5. The Morgan fingerprint density at radius 2 is 2.25 bits per heavy atom. The number of carbonyl (C=O) groups is 1. The van der Waals surface area contributed by atoms with Gasteiger partial charge in [-0.05, 0) is 0 Å². The van der Waals surface area contributed by atoms with Gasteiger partial charge in [0.15, 0.2) is 5.69 Å². The smallest absolute Gasteiger partial charge is 0.293 e. The zero-order valence-corrected chi connectivity index (χ0v) is 8.04. The number of nitrogens with zero attached hydrogens (tertiary/aromatic N) is 3. The summed E-state index contributed by atoms with van der Waals surface area (Å²) in [5.41, 5.74) is 10.1. The van der Waals surface area contributed by atoms with E-state index in [4.69, 9.17) is 11.5 Å². The van der Waals surface area contributed by atoms with E-state index >= 15 is 0 Å². The summed E-state index contributed by atoms with van der Waals surface area (Å²) in [4.78, 5) is 28.5. The molecule has 8 nitrogen and oxygen atoms in total. The Hall–Kier alpha value is -2.64. The molecule has 2 aromatic heterocycles. The molecule has 0 aliphatic rings. The van der Waals surface area contributed by atoms with Gasteiger partial charge in [-0.2, -0.15) is 5.10 Å². The second-order valence-electron chi connectivity index (χ2n) is 2.98. The van der Waals surface area contributed by atoms with Crippen LogP contribution in [0.4, 0.5) is 5.69 Å². The predicted molar refractivity (Wildman–Crippen MR) is 54.9 cm³/mol. The topological polar surface area (TPSA) is 133 Å². The third-order valence-electron chi connectivity index (χ3n) is 1.88. The number of amides is 1. The van der Waals surface area contributed by atoms with Crippen LogP contribution in [0.2, 0.25) is 0 Å². The van der Waals surface area contributed by atoms with E-state index in [2.05, 4.69) is 15.1 Å². The largest absolute Gasteiger partial charge is 0.396 e. The molecule has 5 N–H and O–H groups in total. The molecule has 2 heterocycles. The SMILES string of the molecule is NC(=O)c1nn(-c2ncc[nH]c2=O)cc1N. The van der Waals surface area contributed by atoms with E-state index in [9.17, 15) is 9.59 Å². The van der Waals surface area contributed by atoms with Crippen LogP contribution < -0.4 is 17.0 Å². The maximum absolute atomic E-state index is 11.4. The van der Waals surface area contributed by atoms with Crippen LogP contribution in [-0.2, 0) is 0 Å². The Bertz CT molecular complexity index is 599. The van der Waals surface area contributed by atoms with E-state index < -0.39 is 11.5 Å². The first kappa shape index (κ1) is 9.90. The lowest BCUT2D eigenvalue weighted by molar-refractivity contribution is 0.0996. The lowest BCUT2D eigenvalue weighted by atomic mass is 10.4. The Kier molecular flexibility index (Phi) is 2.16. The van der Waals surface area contributed by atoms with Crippen molar-refractivity contribution in [1.82, 2.24) is 19.7 Å². The number of aromatic amines is 1.